The van der Waals surface area contributed by atoms with Crippen LogP contribution >= 0.6 is 11.5 Å². The van der Waals surface area contributed by atoms with Gasteiger partial charge in [0.25, 0.3) is 0 Å². The number of hydrogen-bond acceptors (Lipinski definition) is 5. The van der Waals surface area contributed by atoms with Crippen molar-refractivity contribution in [2.45, 2.75) is 12.3 Å². The molecule has 1 N–H and O–H groups in total. The molecule has 0 aliphatic heterocycles. The molecule has 0 unspecified atom stereocenters. The van der Waals surface area contributed by atoms with Crippen LogP contribution in [-0.4, -0.2) is 19.0 Å². The van der Waals surface area contributed by atoms with E-state index in [1.165, 1.54) is 23.7 Å². The highest BCUT2D eigenvalue weighted by Crippen LogP contribution is 2.17. The van der Waals surface area contributed by atoms with Crippen LogP contribution in [0.1, 0.15) is 11.1 Å². The van der Waals surface area contributed by atoms with Gasteiger partial charge in [-0.1, -0.05) is 6.07 Å². The highest BCUT2D eigenvalue weighted by Gasteiger charge is 2.10. The second-order valence-corrected chi connectivity index (χ2v) is 7.06. The Morgan fingerprint density at radius 3 is 2.79 bits per heavy atom. The molecule has 0 aliphatic rings. The second kappa shape index (κ2) is 5.66. The number of sulfone groups is 1. The molecule has 0 amide bonds. The molecular weight excluding hydrogens is 287 g/mol. The zero-order chi connectivity index (χ0) is 13.9. The molecule has 1 heterocycles. The van der Waals surface area contributed by atoms with E-state index < -0.39 is 15.7 Å². The van der Waals surface area contributed by atoms with Crippen LogP contribution in [-0.2, 0) is 22.1 Å². The molecular formula is C12H13FN2O2S2. The molecule has 2 aromatic rings. The minimum atomic E-state index is -3.23. The summed E-state index contributed by atoms with van der Waals surface area (Å²) < 4.78 is 40.0. The number of aromatic nitrogens is 1. The lowest BCUT2D eigenvalue weighted by molar-refractivity contribution is 0.592. The molecule has 0 aliphatic carbocycles. The van der Waals surface area contributed by atoms with Crippen molar-refractivity contribution >= 4 is 27.1 Å². The molecule has 1 aromatic heterocycles. The Morgan fingerprint density at radius 2 is 2.21 bits per heavy atom. The fourth-order valence-electron chi connectivity index (χ4n) is 1.57. The average molecular weight is 300 g/mol. The Bertz CT molecular complexity index is 654. The number of benzene rings is 1. The largest absolute Gasteiger partial charge is 0.381 e. The number of nitrogens with one attached hydrogen (secondary N) is 1. The summed E-state index contributed by atoms with van der Waals surface area (Å²) in [4.78, 5) is 0. The van der Waals surface area contributed by atoms with Gasteiger partial charge in [0.15, 0.2) is 9.84 Å². The van der Waals surface area contributed by atoms with Gasteiger partial charge in [-0.25, -0.2) is 17.2 Å². The van der Waals surface area contributed by atoms with Gasteiger partial charge < -0.3 is 5.32 Å². The number of hydrogen-bond donors (Lipinski definition) is 1. The van der Waals surface area contributed by atoms with Crippen LogP contribution in [0, 0.1) is 5.82 Å². The molecule has 102 valence electrons. The normalized spacial score (nSPS) is 11.5. The summed E-state index contributed by atoms with van der Waals surface area (Å²) in [5, 5.41) is 4.96. The summed E-state index contributed by atoms with van der Waals surface area (Å²) in [6.07, 6.45) is 2.83. The molecule has 19 heavy (non-hydrogen) atoms. The average Bonchev–Trinajstić information content (AvgIpc) is 2.81. The maximum Gasteiger partial charge on any atom is 0.151 e. The maximum absolute atomic E-state index is 13.7. The summed E-state index contributed by atoms with van der Waals surface area (Å²) in [6.45, 7) is 0.557. The van der Waals surface area contributed by atoms with Crippen molar-refractivity contribution in [1.82, 2.24) is 4.37 Å². The minimum Gasteiger partial charge on any atom is -0.381 e. The number of rotatable bonds is 5. The third-order valence-electron chi connectivity index (χ3n) is 2.45. The quantitative estimate of drug-likeness (QED) is 0.921. The van der Waals surface area contributed by atoms with Gasteiger partial charge >= 0.3 is 0 Å². The Labute approximate surface area is 115 Å². The molecule has 0 bridgehead atoms. The van der Waals surface area contributed by atoms with Gasteiger partial charge in [0.05, 0.1) is 5.75 Å². The van der Waals surface area contributed by atoms with Crippen LogP contribution in [0.4, 0.5) is 10.1 Å². The molecule has 0 radical (unpaired) electrons. The fourth-order valence-corrected chi connectivity index (χ4v) is 2.91. The van der Waals surface area contributed by atoms with Crippen molar-refractivity contribution in [3.8, 4) is 0 Å². The zero-order valence-corrected chi connectivity index (χ0v) is 11.9. The summed E-state index contributed by atoms with van der Waals surface area (Å²) in [5.41, 5.74) is 1.82. The van der Waals surface area contributed by atoms with Crippen molar-refractivity contribution in [2.75, 3.05) is 11.6 Å². The Balaban J connectivity index is 2.06. The molecule has 0 fully saturated rings. The first-order valence-electron chi connectivity index (χ1n) is 5.52. The predicted molar refractivity (Wildman–Crippen MR) is 74.4 cm³/mol. The van der Waals surface area contributed by atoms with Crippen molar-refractivity contribution in [2.24, 2.45) is 0 Å². The lowest BCUT2D eigenvalue weighted by Crippen LogP contribution is -2.04. The van der Waals surface area contributed by atoms with Gasteiger partial charge in [-0.3, -0.25) is 0 Å². The highest BCUT2D eigenvalue weighted by atomic mass is 32.2. The van der Waals surface area contributed by atoms with E-state index in [-0.39, 0.29) is 11.3 Å². The van der Waals surface area contributed by atoms with Crippen molar-refractivity contribution < 1.29 is 12.8 Å². The van der Waals surface area contributed by atoms with Gasteiger partial charge in [-0.2, -0.15) is 0 Å². The van der Waals surface area contributed by atoms with E-state index in [1.54, 1.807) is 12.3 Å². The Hall–Kier alpha value is -1.47. The second-order valence-electron chi connectivity index (χ2n) is 4.26. The van der Waals surface area contributed by atoms with Crippen molar-refractivity contribution in [3.05, 3.63) is 46.7 Å². The number of anilines is 1. The van der Waals surface area contributed by atoms with Crippen LogP contribution in [0.3, 0.4) is 0 Å². The smallest absolute Gasteiger partial charge is 0.151 e. The number of halogens is 1. The Kier molecular flexibility index (Phi) is 4.16. The summed E-state index contributed by atoms with van der Waals surface area (Å²) >= 11 is 1.36. The molecule has 4 nitrogen and oxygen atoms in total. The lowest BCUT2D eigenvalue weighted by atomic mass is 10.2. The lowest BCUT2D eigenvalue weighted by Gasteiger charge is -2.07. The van der Waals surface area contributed by atoms with Gasteiger partial charge in [0.1, 0.15) is 5.82 Å². The van der Waals surface area contributed by atoms with Gasteiger partial charge in [0.2, 0.25) is 0 Å². The summed E-state index contributed by atoms with van der Waals surface area (Å²) in [5.74, 6) is -0.799. The van der Waals surface area contributed by atoms with E-state index in [4.69, 9.17) is 0 Å². The van der Waals surface area contributed by atoms with E-state index in [1.807, 2.05) is 5.38 Å². The van der Waals surface area contributed by atoms with Crippen molar-refractivity contribution in [3.63, 3.8) is 0 Å². The number of nitrogens with zero attached hydrogens (tertiary/aromatic N) is 1. The molecule has 0 saturated carbocycles. The van der Waals surface area contributed by atoms with E-state index >= 15 is 0 Å². The first-order chi connectivity index (χ1) is 8.94. The van der Waals surface area contributed by atoms with E-state index in [0.717, 1.165) is 11.8 Å². The zero-order valence-electron chi connectivity index (χ0n) is 10.3. The summed E-state index contributed by atoms with van der Waals surface area (Å²) in [7, 11) is -3.23. The third-order valence-corrected chi connectivity index (χ3v) is 3.92. The van der Waals surface area contributed by atoms with Crippen LogP contribution in [0.5, 0.6) is 0 Å². The molecule has 1 aromatic carbocycles. The van der Waals surface area contributed by atoms with E-state index in [9.17, 15) is 12.8 Å². The monoisotopic (exact) mass is 300 g/mol. The van der Waals surface area contributed by atoms with E-state index in [2.05, 4.69) is 9.69 Å². The molecule has 0 spiro atoms. The van der Waals surface area contributed by atoms with Gasteiger partial charge in [0, 0.05) is 41.2 Å². The van der Waals surface area contributed by atoms with Crippen LogP contribution in [0.25, 0.3) is 0 Å². The third kappa shape index (κ3) is 4.29. The van der Waals surface area contributed by atoms with Gasteiger partial charge in [-0.05, 0) is 23.7 Å². The molecule has 7 heteroatoms. The Morgan fingerprint density at radius 1 is 1.42 bits per heavy atom. The minimum absolute atomic E-state index is 0.185. The topological polar surface area (TPSA) is 59.1 Å². The van der Waals surface area contributed by atoms with Crippen molar-refractivity contribution in [1.29, 1.82) is 0 Å². The first kappa shape index (κ1) is 14.0. The maximum atomic E-state index is 13.7. The fraction of sp³-hybridized carbons (Fsp3) is 0.250. The van der Waals surface area contributed by atoms with Gasteiger partial charge in [-0.15, -0.1) is 0 Å². The van der Waals surface area contributed by atoms with Crippen LogP contribution in [0.2, 0.25) is 0 Å². The SMILES string of the molecule is CS(=O)(=O)Cc1ccc(NCc2cnsc2)cc1F. The highest BCUT2D eigenvalue weighted by molar-refractivity contribution is 7.89. The molecule has 0 atom stereocenters. The first-order valence-corrected chi connectivity index (χ1v) is 8.42. The van der Waals surface area contributed by atoms with Crippen LogP contribution in [0.15, 0.2) is 29.8 Å². The predicted octanol–water partition coefficient (Wildman–Crippen LogP) is 2.44. The van der Waals surface area contributed by atoms with E-state index in [0.29, 0.717) is 12.2 Å². The standard InChI is InChI=1S/C12H13FN2O2S2/c1-19(16,17)8-10-2-3-11(4-12(10)13)14-5-9-6-15-18-7-9/h2-4,6-7,14H,5,8H2,1H3. The molecule has 0 saturated heterocycles. The summed E-state index contributed by atoms with van der Waals surface area (Å²) in [6, 6.07) is 4.47. The molecule has 2 rings (SSSR count). The van der Waals surface area contributed by atoms with Crippen LogP contribution < -0.4 is 5.32 Å².